The highest BCUT2D eigenvalue weighted by molar-refractivity contribution is 7.12. The summed E-state index contributed by atoms with van der Waals surface area (Å²) in [6, 6.07) is 20.4. The van der Waals surface area contributed by atoms with E-state index in [9.17, 15) is 9.59 Å². The molecule has 0 fully saturated rings. The van der Waals surface area contributed by atoms with E-state index in [1.165, 1.54) is 11.3 Å². The molecule has 3 nitrogen and oxygen atoms in total. The van der Waals surface area contributed by atoms with Gasteiger partial charge in [-0.2, -0.15) is 0 Å². The molecule has 3 rings (SSSR count). The highest BCUT2D eigenvalue weighted by atomic mass is 32.1. The summed E-state index contributed by atoms with van der Waals surface area (Å²) in [6.45, 7) is 0.501. The topological polar surface area (TPSA) is 37.4 Å². The molecule has 2 aromatic carbocycles. The standard InChI is InChI=1S/C20H17NO2S/c1-21(14-15-8-3-2-4-9-15)20(23)17-11-6-5-10-16(17)19(22)18-12-7-13-24-18/h2-13H,14H2,1H3. The summed E-state index contributed by atoms with van der Waals surface area (Å²) >= 11 is 1.38. The molecule has 0 unspecified atom stereocenters. The van der Waals surface area contributed by atoms with E-state index in [1.807, 2.05) is 41.8 Å². The largest absolute Gasteiger partial charge is 0.337 e. The molecule has 1 aromatic heterocycles. The summed E-state index contributed by atoms with van der Waals surface area (Å²) in [4.78, 5) is 27.7. The Labute approximate surface area is 145 Å². The Bertz CT molecular complexity index is 841. The van der Waals surface area contributed by atoms with Crippen LogP contribution in [0, 0.1) is 0 Å². The number of nitrogens with zero attached hydrogens (tertiary/aromatic N) is 1. The summed E-state index contributed by atoms with van der Waals surface area (Å²) in [5.41, 5.74) is 1.94. The molecule has 3 aromatic rings. The lowest BCUT2D eigenvalue weighted by Crippen LogP contribution is -2.27. The van der Waals surface area contributed by atoms with Crippen molar-refractivity contribution in [3.8, 4) is 0 Å². The van der Waals surface area contributed by atoms with Gasteiger partial charge in [0.1, 0.15) is 0 Å². The zero-order valence-electron chi connectivity index (χ0n) is 13.3. The molecule has 0 bridgehead atoms. The first-order valence-corrected chi connectivity index (χ1v) is 8.51. The van der Waals surface area contributed by atoms with Gasteiger partial charge < -0.3 is 4.90 Å². The second kappa shape index (κ2) is 7.23. The molecule has 4 heteroatoms. The van der Waals surface area contributed by atoms with Gasteiger partial charge in [-0.25, -0.2) is 0 Å². The molecular weight excluding hydrogens is 318 g/mol. The van der Waals surface area contributed by atoms with Crippen molar-refractivity contribution in [2.75, 3.05) is 7.05 Å². The number of thiophene rings is 1. The van der Waals surface area contributed by atoms with Gasteiger partial charge in [0, 0.05) is 19.2 Å². The predicted octanol–water partition coefficient (Wildman–Crippen LogP) is 4.25. The van der Waals surface area contributed by atoms with Crippen LogP contribution in [-0.4, -0.2) is 23.6 Å². The minimum absolute atomic E-state index is 0.109. The fraction of sp³-hybridized carbons (Fsp3) is 0.100. The molecule has 120 valence electrons. The lowest BCUT2D eigenvalue weighted by atomic mass is 10.0. The van der Waals surface area contributed by atoms with Crippen molar-refractivity contribution in [1.29, 1.82) is 0 Å². The van der Waals surface area contributed by atoms with E-state index in [4.69, 9.17) is 0 Å². The Morgan fingerprint density at radius 1 is 0.875 bits per heavy atom. The van der Waals surface area contributed by atoms with Crippen molar-refractivity contribution in [1.82, 2.24) is 4.90 Å². The first kappa shape index (κ1) is 16.1. The molecular formula is C20H17NO2S. The lowest BCUT2D eigenvalue weighted by Gasteiger charge is -2.19. The molecule has 24 heavy (non-hydrogen) atoms. The van der Waals surface area contributed by atoms with Crippen molar-refractivity contribution < 1.29 is 9.59 Å². The van der Waals surface area contributed by atoms with Crippen LogP contribution < -0.4 is 0 Å². The average Bonchev–Trinajstić information content (AvgIpc) is 3.16. The van der Waals surface area contributed by atoms with Crippen LogP contribution in [0.1, 0.15) is 31.2 Å². The van der Waals surface area contributed by atoms with Gasteiger partial charge in [0.2, 0.25) is 5.78 Å². The first-order valence-electron chi connectivity index (χ1n) is 7.63. The van der Waals surface area contributed by atoms with Crippen molar-refractivity contribution >= 4 is 23.0 Å². The van der Waals surface area contributed by atoms with Crippen molar-refractivity contribution in [3.05, 3.63) is 93.7 Å². The molecule has 1 amide bonds. The predicted molar refractivity (Wildman–Crippen MR) is 96.4 cm³/mol. The minimum Gasteiger partial charge on any atom is -0.337 e. The van der Waals surface area contributed by atoms with Crippen molar-refractivity contribution in [2.24, 2.45) is 0 Å². The molecule has 0 saturated carbocycles. The van der Waals surface area contributed by atoms with Gasteiger partial charge in [-0.05, 0) is 23.1 Å². The Hall–Kier alpha value is -2.72. The van der Waals surface area contributed by atoms with Gasteiger partial charge in [0.05, 0.1) is 10.4 Å². The summed E-state index contributed by atoms with van der Waals surface area (Å²) in [5.74, 6) is -0.263. The lowest BCUT2D eigenvalue weighted by molar-refractivity contribution is 0.0780. The monoisotopic (exact) mass is 335 g/mol. The second-order valence-corrected chi connectivity index (χ2v) is 6.45. The van der Waals surface area contributed by atoms with Gasteiger partial charge >= 0.3 is 0 Å². The van der Waals surface area contributed by atoms with Crippen LogP contribution in [0.5, 0.6) is 0 Å². The van der Waals surface area contributed by atoms with Crippen LogP contribution in [0.25, 0.3) is 0 Å². The molecule has 0 N–H and O–H groups in total. The number of ketones is 1. The normalized spacial score (nSPS) is 10.4. The van der Waals surface area contributed by atoms with Crippen molar-refractivity contribution in [2.45, 2.75) is 6.54 Å². The van der Waals surface area contributed by atoms with Gasteiger partial charge in [0.15, 0.2) is 0 Å². The van der Waals surface area contributed by atoms with E-state index in [2.05, 4.69) is 0 Å². The summed E-state index contributed by atoms with van der Waals surface area (Å²) in [5, 5.41) is 1.86. The highest BCUT2D eigenvalue weighted by Crippen LogP contribution is 2.20. The quantitative estimate of drug-likeness (QED) is 0.654. The maximum Gasteiger partial charge on any atom is 0.254 e. The van der Waals surface area contributed by atoms with Crippen LogP contribution in [0.15, 0.2) is 72.1 Å². The van der Waals surface area contributed by atoms with Crippen molar-refractivity contribution in [3.63, 3.8) is 0 Å². The Balaban J connectivity index is 1.86. The van der Waals surface area contributed by atoms with Gasteiger partial charge in [-0.15, -0.1) is 11.3 Å². The van der Waals surface area contributed by atoms with Crippen LogP contribution in [0.4, 0.5) is 0 Å². The maximum absolute atomic E-state index is 12.8. The molecule has 0 spiro atoms. The van der Waals surface area contributed by atoms with E-state index in [-0.39, 0.29) is 11.7 Å². The molecule has 1 heterocycles. The minimum atomic E-state index is -0.153. The average molecular weight is 335 g/mol. The fourth-order valence-electron chi connectivity index (χ4n) is 2.54. The zero-order chi connectivity index (χ0) is 16.9. The smallest absolute Gasteiger partial charge is 0.254 e. The summed E-state index contributed by atoms with van der Waals surface area (Å²) < 4.78 is 0. The summed E-state index contributed by atoms with van der Waals surface area (Å²) in [6.07, 6.45) is 0. The van der Waals surface area contributed by atoms with E-state index >= 15 is 0 Å². The van der Waals surface area contributed by atoms with Crippen LogP contribution in [0.2, 0.25) is 0 Å². The van der Waals surface area contributed by atoms with E-state index in [0.29, 0.717) is 22.5 Å². The van der Waals surface area contributed by atoms with E-state index in [0.717, 1.165) is 5.56 Å². The number of rotatable bonds is 5. The number of benzene rings is 2. The summed E-state index contributed by atoms with van der Waals surface area (Å²) in [7, 11) is 1.75. The number of amides is 1. The SMILES string of the molecule is CN(Cc1ccccc1)C(=O)c1ccccc1C(=O)c1cccs1. The molecule has 0 atom stereocenters. The number of carbonyl (C=O) groups excluding carboxylic acids is 2. The van der Waals surface area contributed by atoms with Crippen LogP contribution >= 0.6 is 11.3 Å². The number of hydrogen-bond acceptors (Lipinski definition) is 3. The molecule has 0 saturated heterocycles. The van der Waals surface area contributed by atoms with E-state index in [1.54, 1.807) is 42.3 Å². The Morgan fingerprint density at radius 2 is 1.54 bits per heavy atom. The second-order valence-electron chi connectivity index (χ2n) is 5.50. The third-order valence-electron chi connectivity index (χ3n) is 3.76. The Kier molecular flexibility index (Phi) is 4.87. The molecule has 0 aliphatic heterocycles. The van der Waals surface area contributed by atoms with Gasteiger partial charge in [-0.3, -0.25) is 9.59 Å². The number of carbonyl (C=O) groups is 2. The van der Waals surface area contributed by atoms with E-state index < -0.39 is 0 Å². The first-order chi connectivity index (χ1) is 11.7. The molecule has 0 aliphatic rings. The van der Waals surface area contributed by atoms with Gasteiger partial charge in [0.25, 0.3) is 5.91 Å². The third kappa shape index (κ3) is 3.44. The highest BCUT2D eigenvalue weighted by Gasteiger charge is 2.21. The zero-order valence-corrected chi connectivity index (χ0v) is 14.1. The maximum atomic E-state index is 12.8. The Morgan fingerprint density at radius 3 is 2.21 bits per heavy atom. The number of hydrogen-bond donors (Lipinski definition) is 0. The fourth-order valence-corrected chi connectivity index (χ4v) is 3.22. The van der Waals surface area contributed by atoms with Gasteiger partial charge in [-0.1, -0.05) is 54.6 Å². The third-order valence-corrected chi connectivity index (χ3v) is 4.62. The van der Waals surface area contributed by atoms with Crippen LogP contribution in [-0.2, 0) is 6.54 Å². The molecule has 0 radical (unpaired) electrons. The van der Waals surface area contributed by atoms with Crippen LogP contribution in [0.3, 0.4) is 0 Å². The molecule has 0 aliphatic carbocycles.